The molecule has 0 atom stereocenters. The van der Waals surface area contributed by atoms with Gasteiger partial charge in [-0.25, -0.2) is 14.8 Å². The van der Waals surface area contributed by atoms with Crippen LogP contribution in [0.25, 0.3) is 16.9 Å². The van der Waals surface area contributed by atoms with Crippen molar-refractivity contribution in [2.75, 3.05) is 5.73 Å². The number of nitrogens with one attached hydrogen (secondary N) is 1. The summed E-state index contributed by atoms with van der Waals surface area (Å²) in [5.41, 5.74) is 7.63. The summed E-state index contributed by atoms with van der Waals surface area (Å²) in [5, 5.41) is 2.94. The molecule has 5 rings (SSSR count). The molecular weight excluding hydrogens is 456 g/mol. The summed E-state index contributed by atoms with van der Waals surface area (Å²) in [7, 11) is 0. The van der Waals surface area contributed by atoms with Gasteiger partial charge in [0, 0.05) is 12.1 Å². The molecule has 1 amide bonds. The van der Waals surface area contributed by atoms with Crippen LogP contribution in [0.5, 0.6) is 11.5 Å². The number of hydrogen-bond donors (Lipinski definition) is 2. The zero-order valence-corrected chi connectivity index (χ0v) is 19.8. The first-order valence-electron chi connectivity index (χ1n) is 11.8. The first-order chi connectivity index (χ1) is 17.5. The summed E-state index contributed by atoms with van der Waals surface area (Å²) in [4.78, 5) is 34.1. The van der Waals surface area contributed by atoms with Crippen molar-refractivity contribution in [3.8, 4) is 29.0 Å². The van der Waals surface area contributed by atoms with Gasteiger partial charge in [-0.05, 0) is 74.9 Å². The van der Waals surface area contributed by atoms with Crippen molar-refractivity contribution in [2.24, 2.45) is 0 Å². The lowest BCUT2D eigenvalue weighted by molar-refractivity contribution is -0.116. The second-order valence-corrected chi connectivity index (χ2v) is 8.68. The van der Waals surface area contributed by atoms with Crippen molar-refractivity contribution in [3.05, 3.63) is 71.4 Å². The van der Waals surface area contributed by atoms with Gasteiger partial charge >= 0.3 is 5.69 Å². The van der Waals surface area contributed by atoms with E-state index in [9.17, 15) is 9.59 Å². The smallest absolute Gasteiger partial charge is 0.335 e. The van der Waals surface area contributed by atoms with Crippen LogP contribution in [0.4, 0.5) is 5.82 Å². The van der Waals surface area contributed by atoms with E-state index in [-0.39, 0.29) is 29.5 Å². The number of anilines is 1. The van der Waals surface area contributed by atoms with Crippen LogP contribution in [-0.4, -0.2) is 31.1 Å². The van der Waals surface area contributed by atoms with Gasteiger partial charge < -0.3 is 15.8 Å². The summed E-state index contributed by atoms with van der Waals surface area (Å²) in [6, 6.07) is 16.7. The number of rotatable bonds is 5. The van der Waals surface area contributed by atoms with Gasteiger partial charge in [-0.15, -0.1) is 0 Å². The van der Waals surface area contributed by atoms with Crippen LogP contribution in [0.3, 0.4) is 0 Å². The summed E-state index contributed by atoms with van der Waals surface area (Å²) < 4.78 is 9.15. The van der Waals surface area contributed by atoms with Gasteiger partial charge in [0.15, 0.2) is 11.5 Å². The van der Waals surface area contributed by atoms with Gasteiger partial charge in [-0.2, -0.15) is 0 Å². The number of benzene rings is 2. The number of aromatic nitrogens is 4. The number of carbonyl (C=O) groups excluding carboxylic acids is 1. The van der Waals surface area contributed by atoms with Gasteiger partial charge in [0.1, 0.15) is 23.3 Å². The molecule has 0 radical (unpaired) electrons. The fourth-order valence-electron chi connectivity index (χ4n) is 4.74. The van der Waals surface area contributed by atoms with Crippen molar-refractivity contribution < 1.29 is 9.53 Å². The molecule has 2 aromatic carbocycles. The third-order valence-corrected chi connectivity index (χ3v) is 6.39. The molecule has 36 heavy (non-hydrogen) atoms. The second kappa shape index (κ2) is 9.96. The molecule has 1 saturated carbocycles. The van der Waals surface area contributed by atoms with Crippen LogP contribution in [0.15, 0.2) is 65.7 Å². The molecule has 182 valence electrons. The van der Waals surface area contributed by atoms with E-state index in [2.05, 4.69) is 27.1 Å². The van der Waals surface area contributed by atoms with Crippen LogP contribution >= 0.6 is 0 Å². The monoisotopic (exact) mass is 482 g/mol. The fourth-order valence-corrected chi connectivity index (χ4v) is 4.74. The molecule has 9 heteroatoms. The average Bonchev–Trinajstić information content (AvgIpc) is 3.19. The number of amides is 1. The average molecular weight is 483 g/mol. The second-order valence-electron chi connectivity index (χ2n) is 8.68. The van der Waals surface area contributed by atoms with Crippen molar-refractivity contribution in [1.29, 1.82) is 0 Å². The predicted octanol–water partition coefficient (Wildman–Crippen LogP) is 3.58. The highest BCUT2D eigenvalue weighted by atomic mass is 16.5. The van der Waals surface area contributed by atoms with E-state index < -0.39 is 0 Å². The lowest BCUT2D eigenvalue weighted by atomic mass is 9.91. The number of para-hydroxylation sites is 1. The number of fused-ring (bicyclic) bond motifs is 1. The molecule has 2 aromatic heterocycles. The molecule has 0 spiro atoms. The van der Waals surface area contributed by atoms with Crippen LogP contribution in [0.2, 0.25) is 0 Å². The SMILES string of the molecule is CC#CC(=O)N[C@H]1CC[C@@H](n2c(=O)n(-c3ccc(Oc4ccccc4)cc3)c3c(N)ncnc32)CC1. The molecule has 9 nitrogen and oxygen atoms in total. The maximum atomic E-state index is 13.7. The molecule has 1 aliphatic carbocycles. The molecular formula is C27H26N6O3. The summed E-state index contributed by atoms with van der Waals surface area (Å²) in [5.74, 6) is 6.48. The zero-order valence-electron chi connectivity index (χ0n) is 19.8. The van der Waals surface area contributed by atoms with Crippen molar-refractivity contribution in [2.45, 2.75) is 44.7 Å². The highest BCUT2D eigenvalue weighted by Crippen LogP contribution is 2.32. The number of ether oxygens (including phenoxy) is 1. The van der Waals surface area contributed by atoms with E-state index in [0.717, 1.165) is 31.4 Å². The highest BCUT2D eigenvalue weighted by Gasteiger charge is 2.28. The predicted molar refractivity (Wildman–Crippen MR) is 137 cm³/mol. The van der Waals surface area contributed by atoms with Crippen LogP contribution < -0.4 is 21.5 Å². The Bertz CT molecular complexity index is 1500. The molecule has 1 fully saturated rings. The Morgan fingerprint density at radius 1 is 1.03 bits per heavy atom. The Morgan fingerprint density at radius 2 is 1.72 bits per heavy atom. The molecule has 2 heterocycles. The summed E-state index contributed by atoms with van der Waals surface area (Å²) >= 11 is 0. The topological polar surface area (TPSA) is 117 Å². The number of nitrogens with two attached hydrogens (primary N) is 1. The van der Waals surface area contributed by atoms with E-state index in [1.54, 1.807) is 16.1 Å². The van der Waals surface area contributed by atoms with Gasteiger partial charge in [-0.3, -0.25) is 13.9 Å². The van der Waals surface area contributed by atoms with Gasteiger partial charge in [-0.1, -0.05) is 24.1 Å². The molecule has 1 aliphatic rings. The third-order valence-electron chi connectivity index (χ3n) is 6.39. The minimum atomic E-state index is -0.269. The molecule has 0 unspecified atom stereocenters. The number of hydrogen-bond acceptors (Lipinski definition) is 6. The first-order valence-corrected chi connectivity index (χ1v) is 11.8. The normalized spacial score (nSPS) is 17.2. The fraction of sp³-hybridized carbons (Fsp3) is 0.259. The maximum absolute atomic E-state index is 13.7. The Balaban J connectivity index is 1.45. The van der Waals surface area contributed by atoms with Crippen molar-refractivity contribution in [1.82, 2.24) is 24.4 Å². The number of nitrogens with zero attached hydrogens (tertiary/aromatic N) is 4. The van der Waals surface area contributed by atoms with Crippen LogP contribution in [0.1, 0.15) is 38.6 Å². The molecule has 0 aliphatic heterocycles. The first kappa shape index (κ1) is 23.2. The minimum absolute atomic E-state index is 0.0375. The molecule has 4 aromatic rings. The van der Waals surface area contributed by atoms with Gasteiger partial charge in [0.2, 0.25) is 0 Å². The summed E-state index contributed by atoms with van der Waals surface area (Å²) in [6.07, 6.45) is 4.30. The summed E-state index contributed by atoms with van der Waals surface area (Å²) in [6.45, 7) is 1.63. The zero-order chi connectivity index (χ0) is 25.1. The third kappa shape index (κ3) is 4.53. The van der Waals surface area contributed by atoms with Crippen molar-refractivity contribution >= 4 is 22.9 Å². The van der Waals surface area contributed by atoms with E-state index in [4.69, 9.17) is 10.5 Å². The van der Waals surface area contributed by atoms with E-state index >= 15 is 0 Å². The lowest BCUT2D eigenvalue weighted by Crippen LogP contribution is -2.38. The van der Waals surface area contributed by atoms with E-state index in [1.165, 1.54) is 6.33 Å². The highest BCUT2D eigenvalue weighted by molar-refractivity contribution is 5.93. The molecule has 0 saturated heterocycles. The number of imidazole rings is 1. The van der Waals surface area contributed by atoms with Crippen LogP contribution in [-0.2, 0) is 4.79 Å². The standard InChI is InChI=1S/C27H26N6O3/c1-2-6-23(34)31-18-9-11-20(12-10-18)33-26-24(25(28)29-17-30-26)32(27(33)35)19-13-15-22(16-14-19)36-21-7-4-3-5-8-21/h3-5,7-8,13-18,20H,9-12H2,1H3,(H,31,34)(H2,28,29,30)/t18-,20+. The van der Waals surface area contributed by atoms with E-state index in [0.29, 0.717) is 22.6 Å². The van der Waals surface area contributed by atoms with Gasteiger partial charge in [0.25, 0.3) is 5.91 Å². The van der Waals surface area contributed by atoms with Crippen molar-refractivity contribution in [3.63, 3.8) is 0 Å². The number of nitrogen functional groups attached to an aromatic ring is 1. The van der Waals surface area contributed by atoms with E-state index in [1.807, 2.05) is 54.6 Å². The Labute approximate surface area is 207 Å². The number of carbonyl (C=O) groups is 1. The Kier molecular flexibility index (Phi) is 6.41. The Hall–Kier alpha value is -4.58. The largest absolute Gasteiger partial charge is 0.457 e. The molecule has 3 N–H and O–H groups in total. The van der Waals surface area contributed by atoms with Gasteiger partial charge in [0.05, 0.1) is 5.69 Å². The maximum Gasteiger partial charge on any atom is 0.335 e. The minimum Gasteiger partial charge on any atom is -0.457 e. The molecule has 0 bridgehead atoms. The Morgan fingerprint density at radius 3 is 2.42 bits per heavy atom. The van der Waals surface area contributed by atoms with Crippen LogP contribution in [0, 0.1) is 11.8 Å². The quantitative estimate of drug-likeness (QED) is 0.420. The lowest BCUT2D eigenvalue weighted by Gasteiger charge is -2.29.